The maximum atomic E-state index is 14.5. The van der Waals surface area contributed by atoms with Crippen LogP contribution in [0.2, 0.25) is 0 Å². The number of nitrogens with two attached hydrogens (primary N) is 1. The Morgan fingerprint density at radius 2 is 1.66 bits per heavy atom. The molecule has 0 fully saturated rings. The molecule has 5 N–H and O–H groups in total. The second kappa shape index (κ2) is 21.1. The number of aliphatic hydroxyl groups excluding tert-OH is 1. The SMILES string of the molecule is Cc1ccc(S(=O)(=O)N(C)C[C@@H]2OCCCC[C@@H](C)Oc3ccc(NC(=O)CCCCCC(=O)Nc4ccccc4N)cc3C(=O)N([C@H](C)CO)C[C@@H]2C)cc1. The fourth-order valence-electron chi connectivity index (χ4n) is 6.50. The molecule has 0 bridgehead atoms. The Balaban J connectivity index is 1.46. The molecular formula is C42H59N5O8S. The molecule has 0 saturated carbocycles. The lowest BCUT2D eigenvalue weighted by molar-refractivity contribution is -0.116. The van der Waals surface area contributed by atoms with Gasteiger partial charge in [-0.25, -0.2) is 8.42 Å². The van der Waals surface area contributed by atoms with Crippen molar-refractivity contribution in [2.24, 2.45) is 5.92 Å². The molecule has 3 aromatic rings. The first-order valence-corrected chi connectivity index (χ1v) is 20.9. The second-order valence-electron chi connectivity index (χ2n) is 14.9. The van der Waals surface area contributed by atoms with Gasteiger partial charge in [0.15, 0.2) is 0 Å². The Kier molecular flexibility index (Phi) is 16.7. The van der Waals surface area contributed by atoms with Crippen molar-refractivity contribution in [2.75, 3.05) is 49.7 Å². The summed E-state index contributed by atoms with van der Waals surface area (Å²) in [6, 6.07) is 18.2. The number of unbranched alkanes of at least 4 members (excludes halogenated alkanes) is 2. The quantitative estimate of drug-likeness (QED) is 0.109. The van der Waals surface area contributed by atoms with Crippen molar-refractivity contribution >= 4 is 44.8 Å². The Bertz CT molecular complexity index is 1870. The number of nitrogens with zero attached hydrogens (tertiary/aromatic N) is 2. The van der Waals surface area contributed by atoms with Crippen LogP contribution in [0.15, 0.2) is 71.6 Å². The maximum Gasteiger partial charge on any atom is 0.258 e. The van der Waals surface area contributed by atoms with Gasteiger partial charge in [-0.05, 0) is 95.3 Å². The van der Waals surface area contributed by atoms with Gasteiger partial charge >= 0.3 is 0 Å². The van der Waals surface area contributed by atoms with E-state index < -0.39 is 28.1 Å². The fraction of sp³-hybridized carbons (Fsp3) is 0.500. The van der Waals surface area contributed by atoms with Crippen LogP contribution in [0, 0.1) is 12.8 Å². The molecule has 13 nitrogen and oxygen atoms in total. The number of aryl methyl sites for hydroxylation is 1. The van der Waals surface area contributed by atoms with Gasteiger partial charge in [0, 0.05) is 51.2 Å². The molecule has 0 spiro atoms. The van der Waals surface area contributed by atoms with Crippen molar-refractivity contribution in [1.29, 1.82) is 0 Å². The molecule has 3 aromatic carbocycles. The topological polar surface area (TPSA) is 181 Å². The smallest absolute Gasteiger partial charge is 0.258 e. The molecular weight excluding hydrogens is 735 g/mol. The number of rotatable bonds is 14. The van der Waals surface area contributed by atoms with E-state index in [-0.39, 0.29) is 60.4 Å². The lowest BCUT2D eigenvalue weighted by Crippen LogP contribution is -2.48. The Hall–Kier alpha value is -4.50. The number of fused-ring (bicyclic) bond motifs is 1. The fourth-order valence-corrected chi connectivity index (χ4v) is 7.68. The molecule has 56 heavy (non-hydrogen) atoms. The number of amides is 3. The summed E-state index contributed by atoms with van der Waals surface area (Å²) in [7, 11) is -2.28. The zero-order valence-electron chi connectivity index (χ0n) is 33.3. The van der Waals surface area contributed by atoms with E-state index in [1.807, 2.05) is 20.8 Å². The number of para-hydroxylation sites is 2. The second-order valence-corrected chi connectivity index (χ2v) is 16.9. The number of ether oxygens (including phenoxy) is 2. The number of sulfonamides is 1. The summed E-state index contributed by atoms with van der Waals surface area (Å²) in [6.07, 6.45) is 3.80. The summed E-state index contributed by atoms with van der Waals surface area (Å²) in [5.41, 5.74) is 8.59. The number of nitrogens with one attached hydrogen (secondary N) is 2. The maximum absolute atomic E-state index is 14.5. The van der Waals surface area contributed by atoms with Gasteiger partial charge in [0.25, 0.3) is 5.91 Å². The van der Waals surface area contributed by atoms with Crippen LogP contribution in [0.1, 0.15) is 88.1 Å². The highest BCUT2D eigenvalue weighted by atomic mass is 32.2. The molecule has 1 aliphatic rings. The van der Waals surface area contributed by atoms with E-state index in [2.05, 4.69) is 10.6 Å². The highest BCUT2D eigenvalue weighted by Gasteiger charge is 2.32. The highest BCUT2D eigenvalue weighted by Crippen LogP contribution is 2.29. The number of anilines is 3. The van der Waals surface area contributed by atoms with Crippen molar-refractivity contribution < 1.29 is 37.4 Å². The van der Waals surface area contributed by atoms with E-state index >= 15 is 0 Å². The van der Waals surface area contributed by atoms with Crippen LogP contribution in [-0.4, -0.2) is 92.1 Å². The van der Waals surface area contributed by atoms with Crippen molar-refractivity contribution in [3.63, 3.8) is 0 Å². The van der Waals surface area contributed by atoms with Gasteiger partial charge in [-0.2, -0.15) is 4.31 Å². The van der Waals surface area contributed by atoms with Crippen molar-refractivity contribution in [3.8, 4) is 5.75 Å². The van der Waals surface area contributed by atoms with E-state index in [4.69, 9.17) is 15.2 Å². The van der Waals surface area contributed by atoms with Crippen LogP contribution in [0.3, 0.4) is 0 Å². The summed E-state index contributed by atoms with van der Waals surface area (Å²) in [4.78, 5) is 41.6. The Morgan fingerprint density at radius 1 is 0.982 bits per heavy atom. The first-order chi connectivity index (χ1) is 26.7. The van der Waals surface area contributed by atoms with Crippen LogP contribution < -0.4 is 21.1 Å². The first kappa shape index (κ1) is 44.2. The molecule has 306 valence electrons. The molecule has 3 amide bonds. The van der Waals surface area contributed by atoms with E-state index in [0.717, 1.165) is 18.4 Å². The van der Waals surface area contributed by atoms with Crippen LogP contribution in [0.5, 0.6) is 5.75 Å². The largest absolute Gasteiger partial charge is 0.490 e. The molecule has 0 unspecified atom stereocenters. The molecule has 4 atom stereocenters. The van der Waals surface area contributed by atoms with Gasteiger partial charge in [0.05, 0.1) is 46.7 Å². The number of aliphatic hydroxyl groups is 1. The highest BCUT2D eigenvalue weighted by molar-refractivity contribution is 7.89. The first-order valence-electron chi connectivity index (χ1n) is 19.5. The van der Waals surface area contributed by atoms with E-state index in [9.17, 15) is 27.9 Å². The molecule has 4 rings (SSSR count). The zero-order chi connectivity index (χ0) is 40.8. The van der Waals surface area contributed by atoms with Gasteiger partial charge in [-0.3, -0.25) is 14.4 Å². The Morgan fingerprint density at radius 3 is 2.34 bits per heavy atom. The third kappa shape index (κ3) is 12.8. The van der Waals surface area contributed by atoms with E-state index in [1.54, 1.807) is 78.6 Å². The number of carbonyl (C=O) groups excluding carboxylic acids is 3. The van der Waals surface area contributed by atoms with Crippen LogP contribution in [-0.2, 0) is 24.3 Å². The number of benzene rings is 3. The Labute approximate surface area is 332 Å². The normalized spacial score (nSPS) is 19.0. The average Bonchev–Trinajstić information content (AvgIpc) is 3.16. The number of hydrogen-bond acceptors (Lipinski definition) is 9. The molecule has 14 heteroatoms. The third-order valence-corrected chi connectivity index (χ3v) is 11.9. The van der Waals surface area contributed by atoms with Crippen molar-refractivity contribution in [2.45, 2.75) is 102 Å². The average molecular weight is 794 g/mol. The van der Waals surface area contributed by atoms with Crippen LogP contribution in [0.4, 0.5) is 17.1 Å². The lowest BCUT2D eigenvalue weighted by atomic mass is 10.0. The van der Waals surface area contributed by atoms with Gasteiger partial charge in [-0.15, -0.1) is 0 Å². The molecule has 0 aliphatic carbocycles. The minimum absolute atomic E-state index is 0.0647. The molecule has 1 aliphatic heterocycles. The van der Waals surface area contributed by atoms with Crippen molar-refractivity contribution in [1.82, 2.24) is 9.21 Å². The predicted octanol–water partition coefficient (Wildman–Crippen LogP) is 6.22. The molecule has 0 radical (unpaired) electrons. The van der Waals surface area contributed by atoms with Gasteiger partial charge in [-0.1, -0.05) is 43.2 Å². The van der Waals surface area contributed by atoms with Gasteiger partial charge in [0.2, 0.25) is 21.8 Å². The van der Waals surface area contributed by atoms with Crippen LogP contribution >= 0.6 is 0 Å². The zero-order valence-corrected chi connectivity index (χ0v) is 34.1. The van der Waals surface area contributed by atoms with E-state index in [0.29, 0.717) is 61.5 Å². The summed E-state index contributed by atoms with van der Waals surface area (Å²) in [6.45, 7) is 7.80. The van der Waals surface area contributed by atoms with Gasteiger partial charge in [0.1, 0.15) is 5.75 Å². The standard InChI is InChI=1S/C42H59N5O8S/c1-29-18-21-34(22-19-29)56(52,53)46(5)27-39-30(2)26-47(31(3)28-48)42(51)35-25-33(20-23-38(35)55-32(4)13-11-12-24-54-39)44-40(49)16-7-6-8-17-41(50)45-37-15-10-9-14-36(37)43/h9-10,14-15,18-23,25,30-32,39,48H,6-8,11-13,16-17,24,26-28,43H2,1-5H3,(H,44,49)(H,45,50)/t30-,31+,32+,39-/m0/s1. The lowest BCUT2D eigenvalue weighted by Gasteiger charge is -2.35. The number of likely N-dealkylation sites (N-methyl/N-ethyl adjacent to an activating group) is 1. The summed E-state index contributed by atoms with van der Waals surface area (Å²) < 4.78 is 41.0. The molecule has 1 heterocycles. The summed E-state index contributed by atoms with van der Waals surface area (Å²) in [5.74, 6) is -0.733. The minimum Gasteiger partial charge on any atom is -0.490 e. The number of hydrogen-bond donors (Lipinski definition) is 4. The number of nitrogen functional groups attached to an aromatic ring is 1. The minimum atomic E-state index is -3.81. The summed E-state index contributed by atoms with van der Waals surface area (Å²) >= 11 is 0. The summed E-state index contributed by atoms with van der Waals surface area (Å²) in [5, 5.41) is 16.0. The van der Waals surface area contributed by atoms with E-state index in [1.165, 1.54) is 11.4 Å². The monoisotopic (exact) mass is 793 g/mol. The molecule has 0 saturated heterocycles. The number of carbonyl (C=O) groups is 3. The predicted molar refractivity (Wildman–Crippen MR) is 219 cm³/mol. The molecule has 0 aromatic heterocycles. The van der Waals surface area contributed by atoms with Crippen LogP contribution in [0.25, 0.3) is 0 Å². The van der Waals surface area contributed by atoms with Crippen molar-refractivity contribution in [3.05, 3.63) is 77.9 Å². The van der Waals surface area contributed by atoms with Gasteiger partial charge < -0.3 is 35.8 Å². The third-order valence-electron chi connectivity index (χ3n) is 10.0.